The molecule has 13 nitrogen and oxygen atoms in total. The number of nitriles is 1. The lowest BCUT2D eigenvalue weighted by Crippen LogP contribution is -2.49. The van der Waals surface area contributed by atoms with Gasteiger partial charge in [0, 0.05) is 75.4 Å². The van der Waals surface area contributed by atoms with Crippen molar-refractivity contribution in [3.8, 4) is 11.8 Å². The molecule has 1 aliphatic carbocycles. The molecule has 2 aromatic carbocycles. The van der Waals surface area contributed by atoms with Gasteiger partial charge < -0.3 is 24.4 Å². The number of hydrogen-bond donors (Lipinski definition) is 2. The summed E-state index contributed by atoms with van der Waals surface area (Å²) in [6.45, 7) is 5.34. The Morgan fingerprint density at radius 1 is 0.964 bits per heavy atom. The number of fused-ring (bicyclic) bond motifs is 1. The zero-order valence-corrected chi connectivity index (χ0v) is 31.6. The number of piperidine rings is 2. The van der Waals surface area contributed by atoms with E-state index in [1.807, 2.05) is 18.2 Å². The van der Waals surface area contributed by atoms with Gasteiger partial charge in [0.2, 0.25) is 5.91 Å². The lowest BCUT2D eigenvalue weighted by molar-refractivity contribution is -0.120. The standard InChI is InChI=1S/C41H46ClN9O4/c42-34-23-32(9-6-28(34)24-43)55-31-10-7-29(8-11-31)44-40(53)35-12-13-38(47-46-35)49-18-2-3-27(26-49)25-48-19-14-30(15-20-48)50-21-16-33-36(50)4-1-5-37(33)51-22-17-39(52)45-41(51)54/h1,4-6,9,12-13,16,21,23,27,29-31H,2-3,7-8,10-11,14-15,17-20,22,25-26H2,(H,44,53)(H,45,52,54)/t27-,29?,31?/m1/s1. The van der Waals surface area contributed by atoms with E-state index < -0.39 is 0 Å². The molecule has 14 heteroatoms. The number of imide groups is 1. The molecule has 0 radical (unpaired) electrons. The highest BCUT2D eigenvalue weighted by Gasteiger charge is 2.30. The molecule has 3 saturated heterocycles. The van der Waals surface area contributed by atoms with Gasteiger partial charge in [0.05, 0.1) is 27.9 Å². The zero-order chi connectivity index (χ0) is 37.9. The van der Waals surface area contributed by atoms with E-state index in [4.69, 9.17) is 21.6 Å². The molecule has 3 aliphatic heterocycles. The van der Waals surface area contributed by atoms with Crippen LogP contribution in [0.3, 0.4) is 0 Å². The molecule has 0 bridgehead atoms. The van der Waals surface area contributed by atoms with Crippen LogP contribution < -0.4 is 25.2 Å². The number of aromatic nitrogens is 3. The van der Waals surface area contributed by atoms with Crippen LogP contribution in [-0.2, 0) is 4.79 Å². The predicted molar refractivity (Wildman–Crippen MR) is 209 cm³/mol. The fourth-order valence-corrected chi connectivity index (χ4v) is 8.95. The van der Waals surface area contributed by atoms with Crippen LogP contribution in [0.5, 0.6) is 5.75 Å². The van der Waals surface area contributed by atoms with E-state index >= 15 is 0 Å². The molecule has 4 fully saturated rings. The van der Waals surface area contributed by atoms with Crippen molar-refractivity contribution in [1.82, 2.24) is 30.3 Å². The zero-order valence-electron chi connectivity index (χ0n) is 30.8. The summed E-state index contributed by atoms with van der Waals surface area (Å²) >= 11 is 6.16. The number of rotatable bonds is 9. The number of nitrogens with zero attached hydrogens (tertiary/aromatic N) is 7. The lowest BCUT2D eigenvalue weighted by atomic mass is 9.92. The van der Waals surface area contributed by atoms with E-state index in [-0.39, 0.29) is 30.0 Å². The third kappa shape index (κ3) is 8.26. The van der Waals surface area contributed by atoms with Gasteiger partial charge >= 0.3 is 6.03 Å². The van der Waals surface area contributed by atoms with Crippen LogP contribution in [-0.4, -0.2) is 88.9 Å². The first-order valence-corrected chi connectivity index (χ1v) is 19.9. The van der Waals surface area contributed by atoms with Gasteiger partial charge in [-0.25, -0.2) is 4.79 Å². The first-order valence-electron chi connectivity index (χ1n) is 19.5. The number of carbonyl (C=O) groups excluding carboxylic acids is 3. The van der Waals surface area contributed by atoms with E-state index in [0.717, 1.165) is 100 Å². The summed E-state index contributed by atoms with van der Waals surface area (Å²) in [7, 11) is 0. The van der Waals surface area contributed by atoms with Crippen LogP contribution in [0.4, 0.5) is 16.3 Å². The lowest BCUT2D eigenvalue weighted by Gasteiger charge is -2.39. The Labute approximate surface area is 325 Å². The first-order chi connectivity index (χ1) is 26.8. The average Bonchev–Trinajstić information content (AvgIpc) is 3.64. The van der Waals surface area contributed by atoms with Crippen molar-refractivity contribution in [3.63, 3.8) is 0 Å². The molecular formula is C41H46ClN9O4. The normalized spacial score (nSPS) is 22.7. The van der Waals surface area contributed by atoms with E-state index in [1.54, 1.807) is 29.2 Å². The number of urea groups is 1. The van der Waals surface area contributed by atoms with Crippen molar-refractivity contribution in [2.45, 2.75) is 76.0 Å². The van der Waals surface area contributed by atoms with Gasteiger partial charge in [-0.2, -0.15) is 5.26 Å². The molecule has 2 N–H and O–H groups in total. The number of anilines is 2. The molecule has 4 aliphatic rings. The van der Waals surface area contributed by atoms with E-state index in [9.17, 15) is 14.4 Å². The smallest absolute Gasteiger partial charge is 0.328 e. The highest BCUT2D eigenvalue weighted by Crippen LogP contribution is 2.34. The summed E-state index contributed by atoms with van der Waals surface area (Å²) in [6, 6.07) is 19.1. The molecule has 8 rings (SSSR count). The molecule has 4 aromatic rings. The Bertz CT molecular complexity index is 2080. The number of carbonyl (C=O) groups is 3. The van der Waals surface area contributed by atoms with E-state index in [2.05, 4.69) is 59.6 Å². The van der Waals surface area contributed by atoms with Crippen LogP contribution in [0.1, 0.15) is 79.9 Å². The Morgan fingerprint density at radius 2 is 1.80 bits per heavy atom. The van der Waals surface area contributed by atoms with Crippen molar-refractivity contribution in [2.75, 3.05) is 49.1 Å². The van der Waals surface area contributed by atoms with Gasteiger partial charge in [0.1, 0.15) is 11.8 Å². The number of benzene rings is 2. The second kappa shape index (κ2) is 16.3. The minimum absolute atomic E-state index is 0.0318. The van der Waals surface area contributed by atoms with Crippen molar-refractivity contribution in [3.05, 3.63) is 77.1 Å². The predicted octanol–water partition coefficient (Wildman–Crippen LogP) is 6.08. The van der Waals surface area contributed by atoms with Gasteiger partial charge in [-0.3, -0.25) is 19.8 Å². The summed E-state index contributed by atoms with van der Waals surface area (Å²) in [4.78, 5) is 43.9. The summed E-state index contributed by atoms with van der Waals surface area (Å²) in [5, 5.41) is 24.9. The van der Waals surface area contributed by atoms with Gasteiger partial charge in [0.25, 0.3) is 5.91 Å². The molecule has 286 valence electrons. The maximum Gasteiger partial charge on any atom is 0.328 e. The molecule has 1 atom stereocenters. The number of likely N-dealkylation sites (tertiary alicyclic amines) is 1. The second-order valence-electron chi connectivity index (χ2n) is 15.3. The maximum absolute atomic E-state index is 13.1. The Hall–Kier alpha value is -5.19. The SMILES string of the molecule is N#Cc1ccc(OC2CCC(NC(=O)c3ccc(N4CCC[C@H](CN5CCC(n6ccc7c(N8CCC(=O)NC8=O)cccc76)CC5)C4)nn3)CC2)cc1Cl. The fraction of sp³-hybridized carbons (Fsp3) is 0.463. The molecule has 1 saturated carbocycles. The monoisotopic (exact) mass is 763 g/mol. The number of halogens is 1. The fourth-order valence-electron chi connectivity index (χ4n) is 8.74. The third-order valence-electron chi connectivity index (χ3n) is 11.7. The number of nitrogens with one attached hydrogen (secondary N) is 2. The summed E-state index contributed by atoms with van der Waals surface area (Å²) in [5.74, 6) is 1.56. The minimum Gasteiger partial charge on any atom is -0.490 e. The third-order valence-corrected chi connectivity index (χ3v) is 12.0. The Balaban J connectivity index is 0.791. The number of ether oxygens (including phenoxy) is 1. The van der Waals surface area contributed by atoms with Crippen LogP contribution in [0, 0.1) is 17.2 Å². The maximum atomic E-state index is 13.1. The topological polar surface area (TPSA) is 149 Å². The quantitative estimate of drug-likeness (QED) is 0.207. The van der Waals surface area contributed by atoms with Crippen molar-refractivity contribution in [1.29, 1.82) is 5.26 Å². The van der Waals surface area contributed by atoms with Crippen molar-refractivity contribution >= 4 is 51.9 Å². The van der Waals surface area contributed by atoms with Gasteiger partial charge in [-0.1, -0.05) is 17.7 Å². The minimum atomic E-state index is -0.357. The van der Waals surface area contributed by atoms with Crippen LogP contribution in [0.25, 0.3) is 10.9 Å². The molecule has 2 aromatic heterocycles. The van der Waals surface area contributed by atoms with Crippen molar-refractivity contribution in [2.24, 2.45) is 5.92 Å². The molecule has 0 unspecified atom stereocenters. The largest absolute Gasteiger partial charge is 0.490 e. The van der Waals surface area contributed by atoms with Crippen LogP contribution in [0.2, 0.25) is 5.02 Å². The highest BCUT2D eigenvalue weighted by atomic mass is 35.5. The molecule has 55 heavy (non-hydrogen) atoms. The van der Waals surface area contributed by atoms with Gasteiger partial charge in [-0.05, 0) is 99.7 Å². The molecule has 4 amide bonds. The molecule has 0 spiro atoms. The van der Waals surface area contributed by atoms with Crippen molar-refractivity contribution < 1.29 is 19.1 Å². The summed E-state index contributed by atoms with van der Waals surface area (Å²) < 4.78 is 8.46. The number of hydrogen-bond acceptors (Lipinski definition) is 9. The second-order valence-corrected chi connectivity index (χ2v) is 15.7. The Morgan fingerprint density at radius 3 is 2.55 bits per heavy atom. The summed E-state index contributed by atoms with van der Waals surface area (Å²) in [5.41, 5.74) is 2.71. The average molecular weight is 764 g/mol. The highest BCUT2D eigenvalue weighted by molar-refractivity contribution is 6.31. The van der Waals surface area contributed by atoms with Crippen LogP contribution in [0.15, 0.2) is 60.8 Å². The summed E-state index contributed by atoms with van der Waals surface area (Å²) in [6.07, 6.45) is 10.1. The van der Waals surface area contributed by atoms with E-state index in [0.29, 0.717) is 47.0 Å². The Kier molecular flexibility index (Phi) is 10.9. The van der Waals surface area contributed by atoms with Gasteiger partial charge in [0.15, 0.2) is 11.5 Å². The molecule has 5 heterocycles. The first kappa shape index (κ1) is 36.8. The van der Waals surface area contributed by atoms with Crippen LogP contribution >= 0.6 is 11.6 Å². The number of amides is 4. The van der Waals surface area contributed by atoms with Gasteiger partial charge in [-0.15, -0.1) is 10.2 Å². The van der Waals surface area contributed by atoms with E-state index in [1.165, 1.54) is 6.42 Å². The molecular weight excluding hydrogens is 718 g/mol.